The summed E-state index contributed by atoms with van der Waals surface area (Å²) in [5, 5.41) is 10.8. The van der Waals surface area contributed by atoms with Gasteiger partial charge in [-0.1, -0.05) is 6.07 Å². The molecule has 1 fully saturated rings. The number of aliphatic hydroxyl groups is 1. The highest BCUT2D eigenvalue weighted by Crippen LogP contribution is 2.40. The first-order chi connectivity index (χ1) is 9.53. The van der Waals surface area contributed by atoms with Crippen molar-refractivity contribution < 1.29 is 9.84 Å². The van der Waals surface area contributed by atoms with E-state index in [4.69, 9.17) is 4.74 Å². The van der Waals surface area contributed by atoms with Crippen molar-refractivity contribution >= 4 is 0 Å². The summed E-state index contributed by atoms with van der Waals surface area (Å²) >= 11 is 0. The average molecular weight is 275 g/mol. The minimum atomic E-state index is -0.397. The Hall–Kier alpha value is -1.06. The van der Waals surface area contributed by atoms with Crippen molar-refractivity contribution in [3.05, 3.63) is 29.3 Å². The maximum atomic E-state index is 10.8. The summed E-state index contributed by atoms with van der Waals surface area (Å²) < 4.78 is 5.31. The molecular weight excluding hydrogens is 250 g/mol. The Labute approximate surface area is 121 Å². The topological polar surface area (TPSA) is 32.7 Å². The molecule has 20 heavy (non-hydrogen) atoms. The van der Waals surface area contributed by atoms with Crippen LogP contribution in [0.5, 0.6) is 5.75 Å². The van der Waals surface area contributed by atoms with E-state index in [1.165, 1.54) is 18.4 Å². The zero-order valence-electron chi connectivity index (χ0n) is 12.7. The lowest BCUT2D eigenvalue weighted by molar-refractivity contribution is 0.00420. The van der Waals surface area contributed by atoms with E-state index in [0.29, 0.717) is 0 Å². The van der Waals surface area contributed by atoms with E-state index < -0.39 is 6.10 Å². The van der Waals surface area contributed by atoms with E-state index in [9.17, 15) is 5.11 Å². The molecule has 2 unspecified atom stereocenters. The Kier molecular flexibility index (Phi) is 3.51. The summed E-state index contributed by atoms with van der Waals surface area (Å²) in [6.45, 7) is 5.70. The molecule has 1 aromatic rings. The van der Waals surface area contributed by atoms with Crippen molar-refractivity contribution in [1.29, 1.82) is 0 Å². The molecule has 0 amide bonds. The molecular formula is C17H25NO2. The third kappa shape index (κ3) is 2.23. The molecule has 3 heteroatoms. The number of benzene rings is 1. The van der Waals surface area contributed by atoms with Crippen molar-refractivity contribution in [2.45, 2.75) is 57.2 Å². The largest absolute Gasteiger partial charge is 0.497 e. The number of hydrogen-bond acceptors (Lipinski definition) is 3. The number of aryl methyl sites for hydroxylation is 1. The van der Waals surface area contributed by atoms with Crippen LogP contribution in [0.3, 0.4) is 0 Å². The predicted molar refractivity (Wildman–Crippen MR) is 80.1 cm³/mol. The maximum Gasteiger partial charge on any atom is 0.119 e. The molecule has 2 atom stereocenters. The van der Waals surface area contributed by atoms with Gasteiger partial charge in [-0.3, -0.25) is 4.90 Å². The van der Waals surface area contributed by atoms with Gasteiger partial charge in [0, 0.05) is 11.6 Å². The van der Waals surface area contributed by atoms with Crippen LogP contribution in [0, 0.1) is 0 Å². The molecule has 110 valence electrons. The average Bonchev–Trinajstić information content (AvgIpc) is 2.78. The van der Waals surface area contributed by atoms with Gasteiger partial charge in [0.1, 0.15) is 5.75 Å². The first kappa shape index (κ1) is 13.9. The molecule has 0 spiro atoms. The van der Waals surface area contributed by atoms with Gasteiger partial charge in [-0.2, -0.15) is 0 Å². The maximum absolute atomic E-state index is 10.8. The Bertz CT molecular complexity index is 498. The summed E-state index contributed by atoms with van der Waals surface area (Å²) in [5.74, 6) is 0.837. The fraction of sp³-hybridized carbons (Fsp3) is 0.647. The Morgan fingerprint density at radius 2 is 2.15 bits per heavy atom. The van der Waals surface area contributed by atoms with Gasteiger partial charge in [0.05, 0.1) is 13.2 Å². The number of methoxy groups -OCH3 is 1. The van der Waals surface area contributed by atoms with Crippen molar-refractivity contribution in [1.82, 2.24) is 4.90 Å². The second-order valence-electron chi connectivity index (χ2n) is 6.72. The van der Waals surface area contributed by atoms with Gasteiger partial charge in [-0.05, 0) is 69.3 Å². The predicted octanol–water partition coefficient (Wildman–Crippen LogP) is 2.92. The fourth-order valence-corrected chi connectivity index (χ4v) is 3.94. The molecule has 1 aliphatic heterocycles. The summed E-state index contributed by atoms with van der Waals surface area (Å²) in [6, 6.07) is 6.34. The highest BCUT2D eigenvalue weighted by Gasteiger charge is 2.41. The highest BCUT2D eigenvalue weighted by molar-refractivity contribution is 5.39. The van der Waals surface area contributed by atoms with E-state index in [-0.39, 0.29) is 11.6 Å². The first-order valence-corrected chi connectivity index (χ1v) is 7.64. The number of rotatable bonds is 2. The number of aliphatic hydroxyl groups excluding tert-OH is 1. The molecule has 1 N–H and O–H groups in total. The summed E-state index contributed by atoms with van der Waals surface area (Å²) in [4.78, 5) is 2.51. The first-order valence-electron chi connectivity index (χ1n) is 7.64. The van der Waals surface area contributed by atoms with Crippen molar-refractivity contribution in [2.24, 2.45) is 0 Å². The van der Waals surface area contributed by atoms with Crippen LogP contribution in [0.25, 0.3) is 0 Å². The summed E-state index contributed by atoms with van der Waals surface area (Å²) in [6.07, 6.45) is 4.16. The van der Waals surface area contributed by atoms with E-state index >= 15 is 0 Å². The molecule has 1 aliphatic carbocycles. The zero-order valence-corrected chi connectivity index (χ0v) is 12.7. The standard InChI is InChI=1S/C17H25NO2/c1-17(2)9-4-10-18(17)15-8-6-12-5-7-13(20-3)11-14(12)16(15)19/h5,7,11,15-16,19H,4,6,8-10H2,1-3H3. The second kappa shape index (κ2) is 5.05. The van der Waals surface area contributed by atoms with Crippen LogP contribution < -0.4 is 4.74 Å². The van der Waals surface area contributed by atoms with Crippen LogP contribution in [0.15, 0.2) is 18.2 Å². The van der Waals surface area contributed by atoms with Crippen LogP contribution in [-0.4, -0.2) is 35.2 Å². The van der Waals surface area contributed by atoms with E-state index in [1.54, 1.807) is 7.11 Å². The molecule has 0 aromatic heterocycles. The second-order valence-corrected chi connectivity index (χ2v) is 6.72. The van der Waals surface area contributed by atoms with E-state index in [2.05, 4.69) is 24.8 Å². The summed E-state index contributed by atoms with van der Waals surface area (Å²) in [5.41, 5.74) is 2.54. The van der Waals surface area contributed by atoms with Gasteiger partial charge in [0.25, 0.3) is 0 Å². The van der Waals surface area contributed by atoms with Gasteiger partial charge in [0.15, 0.2) is 0 Å². The van der Waals surface area contributed by atoms with Gasteiger partial charge in [0.2, 0.25) is 0 Å². The molecule has 2 aliphatic rings. The number of nitrogens with zero attached hydrogens (tertiary/aromatic N) is 1. The zero-order chi connectivity index (χ0) is 14.3. The monoisotopic (exact) mass is 275 g/mol. The van der Waals surface area contributed by atoms with E-state index in [1.807, 2.05) is 12.1 Å². The van der Waals surface area contributed by atoms with Gasteiger partial charge in [-0.25, -0.2) is 0 Å². The smallest absolute Gasteiger partial charge is 0.119 e. The quantitative estimate of drug-likeness (QED) is 0.901. The lowest BCUT2D eigenvalue weighted by Crippen LogP contribution is -2.49. The van der Waals surface area contributed by atoms with Crippen LogP contribution in [0.2, 0.25) is 0 Å². The third-order valence-electron chi connectivity index (χ3n) is 5.11. The third-order valence-corrected chi connectivity index (χ3v) is 5.11. The molecule has 1 heterocycles. The van der Waals surface area contributed by atoms with Crippen LogP contribution in [-0.2, 0) is 6.42 Å². The highest BCUT2D eigenvalue weighted by atomic mass is 16.5. The molecule has 1 saturated heterocycles. The summed E-state index contributed by atoms with van der Waals surface area (Å²) in [7, 11) is 1.68. The van der Waals surface area contributed by atoms with Crippen LogP contribution in [0.1, 0.15) is 50.3 Å². The lowest BCUT2D eigenvalue weighted by Gasteiger charge is -2.43. The molecule has 0 saturated carbocycles. The normalized spacial score (nSPS) is 29.2. The minimum Gasteiger partial charge on any atom is -0.497 e. The van der Waals surface area contributed by atoms with Crippen molar-refractivity contribution in [3.8, 4) is 5.75 Å². The van der Waals surface area contributed by atoms with E-state index in [0.717, 1.165) is 30.7 Å². The molecule has 3 rings (SSSR count). The van der Waals surface area contributed by atoms with Crippen LogP contribution >= 0.6 is 0 Å². The Morgan fingerprint density at radius 3 is 2.80 bits per heavy atom. The van der Waals surface area contributed by atoms with Crippen LogP contribution in [0.4, 0.5) is 0 Å². The number of hydrogen-bond donors (Lipinski definition) is 1. The number of likely N-dealkylation sites (tertiary alicyclic amines) is 1. The molecule has 0 radical (unpaired) electrons. The number of fused-ring (bicyclic) bond motifs is 1. The SMILES string of the molecule is COc1ccc2c(c1)C(O)C(N1CCCC1(C)C)CC2. The van der Waals surface area contributed by atoms with Gasteiger partial charge >= 0.3 is 0 Å². The minimum absolute atomic E-state index is 0.210. The van der Waals surface area contributed by atoms with Crippen molar-refractivity contribution in [3.63, 3.8) is 0 Å². The Balaban J connectivity index is 1.90. The molecule has 3 nitrogen and oxygen atoms in total. The lowest BCUT2D eigenvalue weighted by atomic mass is 9.83. The fourth-order valence-electron chi connectivity index (χ4n) is 3.94. The van der Waals surface area contributed by atoms with Gasteiger partial charge < -0.3 is 9.84 Å². The van der Waals surface area contributed by atoms with Gasteiger partial charge in [-0.15, -0.1) is 0 Å². The molecule has 1 aromatic carbocycles. The molecule has 0 bridgehead atoms. The number of ether oxygens (including phenoxy) is 1. The Morgan fingerprint density at radius 1 is 1.35 bits per heavy atom. The van der Waals surface area contributed by atoms with Crippen molar-refractivity contribution in [2.75, 3.05) is 13.7 Å².